The van der Waals surface area contributed by atoms with Gasteiger partial charge in [-0.25, -0.2) is 4.39 Å². The van der Waals surface area contributed by atoms with E-state index in [-0.39, 0.29) is 11.9 Å². The van der Waals surface area contributed by atoms with Gasteiger partial charge in [0.05, 0.1) is 13.2 Å². The van der Waals surface area contributed by atoms with E-state index in [9.17, 15) is 4.39 Å². The first-order valence-electron chi connectivity index (χ1n) is 6.68. The van der Waals surface area contributed by atoms with E-state index in [0.29, 0.717) is 0 Å². The monoisotopic (exact) mass is 273 g/mol. The zero-order chi connectivity index (χ0) is 14.7. The Bertz CT molecular complexity index is 610. The van der Waals surface area contributed by atoms with Crippen LogP contribution in [0.4, 0.5) is 10.1 Å². The highest BCUT2D eigenvalue weighted by atomic mass is 19.1. The highest BCUT2D eigenvalue weighted by molar-refractivity contribution is 5.53. The molecule has 1 unspecified atom stereocenters. The highest BCUT2D eigenvalue weighted by Gasteiger charge is 2.12. The van der Waals surface area contributed by atoms with Crippen molar-refractivity contribution >= 4 is 5.69 Å². The standard InChI is InChI=1S/C17H20FNO/c1-11-5-8-17(20-4)15(9-11)13(3)19-16-7-6-14(18)10-12(16)2/h5-10,13,19H,1-4H3. The number of benzene rings is 2. The number of ether oxygens (including phenoxy) is 1. The van der Waals surface area contributed by atoms with Gasteiger partial charge in [0.2, 0.25) is 0 Å². The molecule has 20 heavy (non-hydrogen) atoms. The second-order valence-corrected chi connectivity index (χ2v) is 5.07. The van der Waals surface area contributed by atoms with Gasteiger partial charge in [-0.05, 0) is 50.6 Å². The molecule has 0 aliphatic rings. The maximum atomic E-state index is 13.1. The zero-order valence-corrected chi connectivity index (χ0v) is 12.3. The summed E-state index contributed by atoms with van der Waals surface area (Å²) in [5.74, 6) is 0.643. The molecule has 0 amide bonds. The first-order valence-corrected chi connectivity index (χ1v) is 6.68. The van der Waals surface area contributed by atoms with Gasteiger partial charge in [-0.1, -0.05) is 17.7 Å². The third-order valence-corrected chi connectivity index (χ3v) is 3.41. The molecular weight excluding hydrogens is 253 g/mol. The number of nitrogens with one attached hydrogen (secondary N) is 1. The minimum absolute atomic E-state index is 0.0778. The average molecular weight is 273 g/mol. The molecule has 0 spiro atoms. The molecule has 0 saturated carbocycles. The Morgan fingerprint density at radius 3 is 2.50 bits per heavy atom. The van der Waals surface area contributed by atoms with Crippen LogP contribution in [0.1, 0.15) is 29.7 Å². The van der Waals surface area contributed by atoms with Gasteiger partial charge >= 0.3 is 0 Å². The summed E-state index contributed by atoms with van der Waals surface area (Å²) in [6.07, 6.45) is 0. The van der Waals surface area contributed by atoms with Crippen LogP contribution in [0.3, 0.4) is 0 Å². The Morgan fingerprint density at radius 1 is 1.10 bits per heavy atom. The minimum Gasteiger partial charge on any atom is -0.496 e. The molecule has 0 saturated heterocycles. The third kappa shape index (κ3) is 3.10. The molecule has 0 heterocycles. The van der Waals surface area contributed by atoms with E-state index < -0.39 is 0 Å². The van der Waals surface area contributed by atoms with E-state index in [1.807, 2.05) is 19.1 Å². The van der Waals surface area contributed by atoms with Crippen molar-refractivity contribution in [1.29, 1.82) is 0 Å². The van der Waals surface area contributed by atoms with Gasteiger partial charge in [0, 0.05) is 11.3 Å². The SMILES string of the molecule is COc1ccc(C)cc1C(C)Nc1ccc(F)cc1C. The van der Waals surface area contributed by atoms with E-state index in [4.69, 9.17) is 4.74 Å². The number of rotatable bonds is 4. The first kappa shape index (κ1) is 14.4. The lowest BCUT2D eigenvalue weighted by molar-refractivity contribution is 0.408. The van der Waals surface area contributed by atoms with Crippen LogP contribution in [0.15, 0.2) is 36.4 Å². The lowest BCUT2D eigenvalue weighted by atomic mass is 10.0. The predicted molar refractivity (Wildman–Crippen MR) is 80.9 cm³/mol. The summed E-state index contributed by atoms with van der Waals surface area (Å²) in [4.78, 5) is 0. The Morgan fingerprint density at radius 2 is 1.85 bits per heavy atom. The molecule has 2 rings (SSSR count). The summed E-state index contributed by atoms with van der Waals surface area (Å²) in [7, 11) is 1.67. The molecule has 2 aromatic carbocycles. The Kier molecular flexibility index (Phi) is 4.28. The largest absolute Gasteiger partial charge is 0.496 e. The van der Waals surface area contributed by atoms with Crippen LogP contribution in [0.5, 0.6) is 5.75 Å². The molecule has 0 aromatic heterocycles. The Hall–Kier alpha value is -2.03. The quantitative estimate of drug-likeness (QED) is 0.877. The van der Waals surface area contributed by atoms with E-state index >= 15 is 0 Å². The molecule has 2 aromatic rings. The van der Waals surface area contributed by atoms with E-state index in [1.54, 1.807) is 13.2 Å². The normalized spacial score (nSPS) is 12.1. The van der Waals surface area contributed by atoms with Crippen molar-refractivity contribution in [2.24, 2.45) is 0 Å². The molecule has 3 heteroatoms. The van der Waals surface area contributed by atoms with Crippen LogP contribution in [0.25, 0.3) is 0 Å². The fourth-order valence-electron chi connectivity index (χ4n) is 2.29. The predicted octanol–water partition coefficient (Wildman–Crippen LogP) is 4.62. The van der Waals surface area contributed by atoms with Gasteiger partial charge in [-0.15, -0.1) is 0 Å². The van der Waals surface area contributed by atoms with E-state index in [1.165, 1.54) is 17.7 Å². The summed E-state index contributed by atoms with van der Waals surface area (Å²) in [6, 6.07) is 10.9. The van der Waals surface area contributed by atoms with Gasteiger partial charge in [-0.2, -0.15) is 0 Å². The molecule has 1 N–H and O–H groups in total. The zero-order valence-electron chi connectivity index (χ0n) is 12.3. The van der Waals surface area contributed by atoms with Crippen LogP contribution in [-0.2, 0) is 0 Å². The number of hydrogen-bond donors (Lipinski definition) is 1. The lowest BCUT2D eigenvalue weighted by Gasteiger charge is -2.20. The van der Waals surface area contributed by atoms with E-state index in [0.717, 1.165) is 22.6 Å². The topological polar surface area (TPSA) is 21.3 Å². The number of anilines is 1. The van der Waals surface area contributed by atoms with Crippen molar-refractivity contribution in [3.05, 3.63) is 58.9 Å². The maximum Gasteiger partial charge on any atom is 0.124 e. The number of hydrogen-bond acceptors (Lipinski definition) is 2. The summed E-state index contributed by atoms with van der Waals surface area (Å²) >= 11 is 0. The van der Waals surface area contributed by atoms with Crippen molar-refractivity contribution in [2.75, 3.05) is 12.4 Å². The second kappa shape index (κ2) is 5.95. The number of methoxy groups -OCH3 is 1. The van der Waals surface area contributed by atoms with Crippen molar-refractivity contribution < 1.29 is 9.13 Å². The van der Waals surface area contributed by atoms with Crippen LogP contribution >= 0.6 is 0 Å². The minimum atomic E-state index is -0.214. The molecule has 0 bridgehead atoms. The molecule has 106 valence electrons. The van der Waals surface area contributed by atoms with Gasteiger partial charge in [-0.3, -0.25) is 0 Å². The lowest BCUT2D eigenvalue weighted by Crippen LogP contribution is -2.09. The molecular formula is C17H20FNO. The summed E-state index contributed by atoms with van der Waals surface area (Å²) < 4.78 is 18.5. The molecule has 1 atom stereocenters. The van der Waals surface area contributed by atoms with Crippen molar-refractivity contribution in [3.63, 3.8) is 0 Å². The number of aryl methyl sites for hydroxylation is 2. The second-order valence-electron chi connectivity index (χ2n) is 5.07. The van der Waals surface area contributed by atoms with Crippen LogP contribution < -0.4 is 10.1 Å². The Labute approximate surface area is 119 Å². The summed E-state index contributed by atoms with van der Waals surface area (Å²) in [6.45, 7) is 6.02. The number of halogens is 1. The van der Waals surface area contributed by atoms with Crippen LogP contribution in [-0.4, -0.2) is 7.11 Å². The van der Waals surface area contributed by atoms with Gasteiger partial charge in [0.15, 0.2) is 0 Å². The highest BCUT2D eigenvalue weighted by Crippen LogP contribution is 2.29. The fraction of sp³-hybridized carbons (Fsp3) is 0.294. The van der Waals surface area contributed by atoms with E-state index in [2.05, 4.69) is 25.2 Å². The Balaban J connectivity index is 2.27. The molecule has 0 aliphatic carbocycles. The first-order chi connectivity index (χ1) is 9.51. The van der Waals surface area contributed by atoms with Crippen molar-refractivity contribution in [2.45, 2.75) is 26.8 Å². The molecule has 0 aliphatic heterocycles. The van der Waals surface area contributed by atoms with Gasteiger partial charge in [0.1, 0.15) is 11.6 Å². The summed E-state index contributed by atoms with van der Waals surface area (Å²) in [5.41, 5.74) is 4.10. The summed E-state index contributed by atoms with van der Waals surface area (Å²) in [5, 5.41) is 3.41. The molecule has 2 nitrogen and oxygen atoms in total. The molecule has 0 fully saturated rings. The smallest absolute Gasteiger partial charge is 0.124 e. The maximum absolute atomic E-state index is 13.1. The van der Waals surface area contributed by atoms with Gasteiger partial charge < -0.3 is 10.1 Å². The fourth-order valence-corrected chi connectivity index (χ4v) is 2.29. The van der Waals surface area contributed by atoms with Crippen molar-refractivity contribution in [3.8, 4) is 5.75 Å². The van der Waals surface area contributed by atoms with Gasteiger partial charge in [0.25, 0.3) is 0 Å². The van der Waals surface area contributed by atoms with Crippen molar-refractivity contribution in [1.82, 2.24) is 0 Å². The third-order valence-electron chi connectivity index (χ3n) is 3.41. The average Bonchev–Trinajstić information content (AvgIpc) is 2.41. The van der Waals surface area contributed by atoms with Crippen LogP contribution in [0, 0.1) is 19.7 Å². The molecule has 0 radical (unpaired) electrons. The van der Waals surface area contributed by atoms with Crippen LogP contribution in [0.2, 0.25) is 0 Å².